The summed E-state index contributed by atoms with van der Waals surface area (Å²) < 4.78 is 12.8. The SMILES string of the molecule is CC(=C/[C@H](CCO[Si](C)(C)C(C)(C)C)CO[Si](C)(C)C(C)(C)C)/C=C/C(=O)O. The number of carboxylic acids is 1. The fourth-order valence-corrected chi connectivity index (χ4v) is 4.18. The van der Waals surface area contributed by atoms with Crippen LogP contribution in [0.5, 0.6) is 0 Å². The first-order valence-corrected chi connectivity index (χ1v) is 16.1. The molecule has 0 aromatic heterocycles. The first-order chi connectivity index (χ1) is 12.4. The Kier molecular flexibility index (Phi) is 10.1. The van der Waals surface area contributed by atoms with Gasteiger partial charge in [0.1, 0.15) is 0 Å². The van der Waals surface area contributed by atoms with Gasteiger partial charge >= 0.3 is 5.97 Å². The molecule has 0 amide bonds. The first kappa shape index (κ1) is 27.3. The highest BCUT2D eigenvalue weighted by molar-refractivity contribution is 6.74. The maximum absolute atomic E-state index is 10.8. The molecule has 0 spiro atoms. The van der Waals surface area contributed by atoms with Crippen LogP contribution >= 0.6 is 0 Å². The van der Waals surface area contributed by atoms with E-state index in [0.29, 0.717) is 13.2 Å². The number of carboxylic acid groups (broad SMARTS) is 1. The van der Waals surface area contributed by atoms with E-state index >= 15 is 0 Å². The molecule has 0 bridgehead atoms. The van der Waals surface area contributed by atoms with Gasteiger partial charge < -0.3 is 14.0 Å². The summed E-state index contributed by atoms with van der Waals surface area (Å²) in [5.74, 6) is -0.722. The average Bonchev–Trinajstić information content (AvgIpc) is 2.48. The molecule has 0 heterocycles. The van der Waals surface area contributed by atoms with Crippen molar-refractivity contribution in [2.45, 2.75) is 91.2 Å². The van der Waals surface area contributed by atoms with Gasteiger partial charge in [0.25, 0.3) is 0 Å². The molecule has 0 unspecified atom stereocenters. The highest BCUT2D eigenvalue weighted by Crippen LogP contribution is 2.38. The molecular weight excluding hydrogens is 384 g/mol. The standard InChI is InChI=1S/C22H44O4Si2/c1-18(12-13-20(23)24)16-19(17-26-28(10,11)22(5,6)7)14-15-25-27(8,9)21(2,3)4/h12-13,16,19H,14-15,17H2,1-11H3,(H,23,24)/b13-12+,18-16-/t19-/m0/s1. The lowest BCUT2D eigenvalue weighted by Crippen LogP contribution is -2.42. The van der Waals surface area contributed by atoms with Crippen LogP contribution in [0, 0.1) is 5.92 Å². The van der Waals surface area contributed by atoms with Gasteiger partial charge in [-0.25, -0.2) is 4.79 Å². The molecule has 0 aliphatic carbocycles. The minimum absolute atomic E-state index is 0.164. The quantitative estimate of drug-likeness (QED) is 0.241. The van der Waals surface area contributed by atoms with Crippen molar-refractivity contribution in [3.05, 3.63) is 23.8 Å². The van der Waals surface area contributed by atoms with E-state index in [2.05, 4.69) is 73.8 Å². The molecule has 1 atom stereocenters. The predicted molar refractivity (Wildman–Crippen MR) is 125 cm³/mol. The molecule has 0 aliphatic heterocycles. The van der Waals surface area contributed by atoms with Gasteiger partial charge in [-0.2, -0.15) is 0 Å². The minimum Gasteiger partial charge on any atom is -0.478 e. The first-order valence-electron chi connectivity index (χ1n) is 10.3. The second kappa shape index (κ2) is 10.4. The fraction of sp³-hybridized carbons (Fsp3) is 0.773. The molecular formula is C22H44O4Si2. The van der Waals surface area contributed by atoms with Gasteiger partial charge in [-0.15, -0.1) is 0 Å². The zero-order chi connectivity index (χ0) is 22.4. The Balaban J connectivity index is 5.19. The van der Waals surface area contributed by atoms with Crippen molar-refractivity contribution in [3.8, 4) is 0 Å². The smallest absolute Gasteiger partial charge is 0.328 e. The number of allylic oxidation sites excluding steroid dienone is 2. The zero-order valence-corrected chi connectivity index (χ0v) is 22.1. The number of carbonyl (C=O) groups is 1. The van der Waals surface area contributed by atoms with E-state index in [1.54, 1.807) is 6.08 Å². The van der Waals surface area contributed by atoms with E-state index in [1.807, 2.05) is 6.92 Å². The van der Waals surface area contributed by atoms with Crippen molar-refractivity contribution in [2.24, 2.45) is 5.92 Å². The maximum atomic E-state index is 10.8. The highest BCUT2D eigenvalue weighted by atomic mass is 28.4. The van der Waals surface area contributed by atoms with E-state index < -0.39 is 22.6 Å². The molecule has 0 aromatic rings. The van der Waals surface area contributed by atoms with Gasteiger partial charge in [-0.3, -0.25) is 0 Å². The molecule has 0 radical (unpaired) electrons. The topological polar surface area (TPSA) is 55.8 Å². The maximum Gasteiger partial charge on any atom is 0.328 e. The molecule has 0 saturated carbocycles. The average molecular weight is 429 g/mol. The van der Waals surface area contributed by atoms with E-state index in [0.717, 1.165) is 12.0 Å². The fourth-order valence-electron chi connectivity index (χ4n) is 2.06. The third kappa shape index (κ3) is 9.68. The predicted octanol–water partition coefficient (Wildman–Crippen LogP) is 6.62. The third-order valence-electron chi connectivity index (χ3n) is 6.21. The van der Waals surface area contributed by atoms with Gasteiger partial charge in [-0.05, 0) is 49.6 Å². The Bertz CT molecular complexity index is 564. The van der Waals surface area contributed by atoms with E-state index in [-0.39, 0.29) is 16.0 Å². The molecule has 0 rings (SSSR count). The molecule has 28 heavy (non-hydrogen) atoms. The minimum atomic E-state index is -1.83. The van der Waals surface area contributed by atoms with Crippen LogP contribution in [0.4, 0.5) is 0 Å². The van der Waals surface area contributed by atoms with Gasteiger partial charge in [-0.1, -0.05) is 59.3 Å². The van der Waals surface area contributed by atoms with Crippen molar-refractivity contribution in [1.29, 1.82) is 0 Å². The zero-order valence-electron chi connectivity index (χ0n) is 20.1. The monoisotopic (exact) mass is 428 g/mol. The lowest BCUT2D eigenvalue weighted by atomic mass is 10.0. The summed E-state index contributed by atoms with van der Waals surface area (Å²) in [5.41, 5.74) is 0.943. The Morgan fingerprint density at radius 3 is 1.82 bits per heavy atom. The van der Waals surface area contributed by atoms with Crippen molar-refractivity contribution < 1.29 is 18.8 Å². The van der Waals surface area contributed by atoms with Crippen LogP contribution in [-0.4, -0.2) is 40.9 Å². The summed E-state index contributed by atoms with van der Waals surface area (Å²) in [5, 5.41) is 9.21. The molecule has 0 aliphatic rings. The Morgan fingerprint density at radius 2 is 1.39 bits per heavy atom. The molecule has 6 heteroatoms. The Labute approximate surface area is 175 Å². The van der Waals surface area contributed by atoms with Crippen LogP contribution in [-0.2, 0) is 13.6 Å². The molecule has 0 aromatic carbocycles. The number of aliphatic carboxylic acids is 1. The van der Waals surface area contributed by atoms with Gasteiger partial charge in [0, 0.05) is 25.2 Å². The normalized spacial score (nSPS) is 15.9. The summed E-state index contributed by atoms with van der Waals surface area (Å²) in [4.78, 5) is 10.8. The van der Waals surface area contributed by atoms with Crippen LogP contribution in [0.2, 0.25) is 36.3 Å². The van der Waals surface area contributed by atoms with E-state index in [1.165, 1.54) is 6.08 Å². The van der Waals surface area contributed by atoms with Crippen molar-refractivity contribution in [1.82, 2.24) is 0 Å². The summed E-state index contributed by atoms with van der Waals surface area (Å²) in [7, 11) is -3.61. The molecule has 4 nitrogen and oxygen atoms in total. The number of rotatable bonds is 10. The summed E-state index contributed by atoms with van der Waals surface area (Å²) in [6, 6.07) is 0. The molecule has 1 N–H and O–H groups in total. The highest BCUT2D eigenvalue weighted by Gasteiger charge is 2.38. The Hall–Kier alpha value is -0.696. The summed E-state index contributed by atoms with van der Waals surface area (Å²) >= 11 is 0. The molecule has 0 fully saturated rings. The van der Waals surface area contributed by atoms with Crippen LogP contribution in [0.1, 0.15) is 54.9 Å². The second-order valence-electron chi connectivity index (χ2n) is 10.8. The molecule has 164 valence electrons. The van der Waals surface area contributed by atoms with Gasteiger partial charge in [0.2, 0.25) is 0 Å². The van der Waals surface area contributed by atoms with Crippen LogP contribution < -0.4 is 0 Å². The molecule has 0 saturated heterocycles. The third-order valence-corrected chi connectivity index (χ3v) is 15.2. The number of hydrogen-bond acceptors (Lipinski definition) is 3. The van der Waals surface area contributed by atoms with Gasteiger partial charge in [0.15, 0.2) is 16.6 Å². The summed E-state index contributed by atoms with van der Waals surface area (Å²) in [6.45, 7) is 25.8. The van der Waals surface area contributed by atoms with Crippen molar-refractivity contribution in [2.75, 3.05) is 13.2 Å². The largest absolute Gasteiger partial charge is 0.478 e. The second-order valence-corrected chi connectivity index (χ2v) is 20.4. The van der Waals surface area contributed by atoms with E-state index in [4.69, 9.17) is 14.0 Å². The van der Waals surface area contributed by atoms with Crippen LogP contribution in [0.15, 0.2) is 23.8 Å². The van der Waals surface area contributed by atoms with Crippen LogP contribution in [0.3, 0.4) is 0 Å². The van der Waals surface area contributed by atoms with Gasteiger partial charge in [0.05, 0.1) is 0 Å². The lowest BCUT2D eigenvalue weighted by Gasteiger charge is -2.38. The van der Waals surface area contributed by atoms with Crippen LogP contribution in [0.25, 0.3) is 0 Å². The Morgan fingerprint density at radius 1 is 0.929 bits per heavy atom. The van der Waals surface area contributed by atoms with Crippen molar-refractivity contribution in [3.63, 3.8) is 0 Å². The van der Waals surface area contributed by atoms with Crippen molar-refractivity contribution >= 4 is 22.6 Å². The van der Waals surface area contributed by atoms with E-state index in [9.17, 15) is 4.79 Å². The number of hydrogen-bond donors (Lipinski definition) is 1. The summed E-state index contributed by atoms with van der Waals surface area (Å²) in [6.07, 6.45) is 5.83. The lowest BCUT2D eigenvalue weighted by molar-refractivity contribution is -0.131.